The number of carbonyl (C=O) groups is 1. The highest BCUT2D eigenvalue weighted by molar-refractivity contribution is 5.99. The first kappa shape index (κ1) is 13.7. The number of amides is 2. The average Bonchev–Trinajstić information content (AvgIpc) is 3.24. The fraction of sp³-hybridized carbons (Fsp3) is 0.250. The van der Waals surface area contributed by atoms with E-state index < -0.39 is 0 Å². The van der Waals surface area contributed by atoms with Crippen LogP contribution in [0.1, 0.15) is 12.8 Å². The van der Waals surface area contributed by atoms with Gasteiger partial charge < -0.3 is 10.6 Å². The lowest BCUT2D eigenvalue weighted by Crippen LogP contribution is -2.30. The van der Waals surface area contributed by atoms with Crippen molar-refractivity contribution in [2.24, 2.45) is 7.05 Å². The van der Waals surface area contributed by atoms with Gasteiger partial charge in [-0.1, -0.05) is 0 Å². The number of hydrogen-bond donors (Lipinski definition) is 2. The number of urea groups is 1. The third kappa shape index (κ3) is 2.85. The fourth-order valence-electron chi connectivity index (χ4n) is 2.43. The van der Waals surface area contributed by atoms with Crippen molar-refractivity contribution in [2.45, 2.75) is 18.9 Å². The summed E-state index contributed by atoms with van der Waals surface area (Å²) < 4.78 is 1.74. The number of anilines is 1. The summed E-state index contributed by atoms with van der Waals surface area (Å²) in [4.78, 5) is 20.7. The van der Waals surface area contributed by atoms with E-state index in [1.54, 1.807) is 29.3 Å². The Morgan fingerprint density at radius 1 is 1.26 bits per heavy atom. The van der Waals surface area contributed by atoms with E-state index in [1.165, 1.54) is 0 Å². The standard InChI is InChI=1S/C16H16N6O/c1-22-9-11(8-19-22)10-6-14-15(18-7-10)13(4-5-17-14)21-16(23)20-12-2-3-12/h4-9,12H,2-3H2,1H3,(H2,17,20,21,23). The highest BCUT2D eigenvalue weighted by Gasteiger charge is 2.23. The van der Waals surface area contributed by atoms with Crippen molar-refractivity contribution in [3.8, 4) is 11.1 Å². The molecule has 2 amide bonds. The van der Waals surface area contributed by atoms with Crippen LogP contribution in [0.15, 0.2) is 36.9 Å². The number of fused-ring (bicyclic) bond motifs is 1. The quantitative estimate of drug-likeness (QED) is 0.777. The Morgan fingerprint density at radius 2 is 2.13 bits per heavy atom. The van der Waals surface area contributed by atoms with Gasteiger partial charge in [-0.25, -0.2) is 4.79 Å². The van der Waals surface area contributed by atoms with E-state index in [4.69, 9.17) is 0 Å². The molecule has 7 nitrogen and oxygen atoms in total. The second kappa shape index (κ2) is 5.35. The molecule has 0 saturated heterocycles. The van der Waals surface area contributed by atoms with Gasteiger partial charge in [0.2, 0.25) is 0 Å². The van der Waals surface area contributed by atoms with Gasteiger partial charge in [0, 0.05) is 42.8 Å². The lowest BCUT2D eigenvalue weighted by molar-refractivity contribution is 0.251. The van der Waals surface area contributed by atoms with Gasteiger partial charge in [-0.15, -0.1) is 0 Å². The summed E-state index contributed by atoms with van der Waals surface area (Å²) >= 11 is 0. The fourth-order valence-corrected chi connectivity index (χ4v) is 2.43. The zero-order chi connectivity index (χ0) is 15.8. The highest BCUT2D eigenvalue weighted by atomic mass is 16.2. The van der Waals surface area contributed by atoms with E-state index in [2.05, 4.69) is 25.7 Å². The summed E-state index contributed by atoms with van der Waals surface area (Å²) in [7, 11) is 1.87. The number of nitrogens with one attached hydrogen (secondary N) is 2. The Labute approximate surface area is 132 Å². The maximum absolute atomic E-state index is 11.9. The van der Waals surface area contributed by atoms with Crippen LogP contribution in [0, 0.1) is 0 Å². The molecule has 0 atom stereocenters. The van der Waals surface area contributed by atoms with Crippen molar-refractivity contribution in [3.63, 3.8) is 0 Å². The first-order valence-corrected chi connectivity index (χ1v) is 7.50. The normalized spacial score (nSPS) is 14.0. The molecule has 3 heterocycles. The topological polar surface area (TPSA) is 84.7 Å². The molecule has 7 heteroatoms. The Kier molecular flexibility index (Phi) is 3.18. The first-order valence-electron chi connectivity index (χ1n) is 7.50. The lowest BCUT2D eigenvalue weighted by atomic mass is 10.1. The molecule has 3 aromatic rings. The second-order valence-corrected chi connectivity index (χ2v) is 5.73. The van der Waals surface area contributed by atoms with Crippen LogP contribution in [-0.2, 0) is 7.05 Å². The van der Waals surface area contributed by atoms with E-state index in [0.717, 1.165) is 29.5 Å². The Hall–Kier alpha value is -2.96. The Balaban J connectivity index is 1.65. The summed E-state index contributed by atoms with van der Waals surface area (Å²) in [5, 5.41) is 9.92. The summed E-state index contributed by atoms with van der Waals surface area (Å²) in [6.07, 6.45) is 9.26. The molecule has 116 valence electrons. The number of hydrogen-bond acceptors (Lipinski definition) is 4. The van der Waals surface area contributed by atoms with Crippen LogP contribution in [-0.4, -0.2) is 31.8 Å². The minimum Gasteiger partial charge on any atom is -0.335 e. The van der Waals surface area contributed by atoms with Crippen LogP contribution in [0.25, 0.3) is 22.2 Å². The van der Waals surface area contributed by atoms with Gasteiger partial charge in [0.25, 0.3) is 0 Å². The van der Waals surface area contributed by atoms with Gasteiger partial charge in [-0.3, -0.25) is 14.6 Å². The highest BCUT2D eigenvalue weighted by Crippen LogP contribution is 2.25. The SMILES string of the molecule is Cn1cc(-c2cnc3c(NC(=O)NC4CC4)ccnc3c2)cn1. The number of carbonyl (C=O) groups excluding carboxylic acids is 1. The minimum atomic E-state index is -0.196. The number of rotatable bonds is 3. The van der Waals surface area contributed by atoms with Crippen molar-refractivity contribution >= 4 is 22.8 Å². The van der Waals surface area contributed by atoms with Crippen LogP contribution in [0.5, 0.6) is 0 Å². The van der Waals surface area contributed by atoms with Gasteiger partial charge in [0.05, 0.1) is 17.4 Å². The molecule has 0 aliphatic heterocycles. The predicted molar refractivity (Wildman–Crippen MR) is 86.9 cm³/mol. The third-order valence-electron chi connectivity index (χ3n) is 3.78. The maximum Gasteiger partial charge on any atom is 0.319 e. The van der Waals surface area contributed by atoms with E-state index >= 15 is 0 Å². The molecule has 3 aromatic heterocycles. The number of aromatic nitrogens is 4. The molecule has 0 aromatic carbocycles. The molecule has 1 aliphatic carbocycles. The third-order valence-corrected chi connectivity index (χ3v) is 3.78. The zero-order valence-electron chi connectivity index (χ0n) is 12.7. The van der Waals surface area contributed by atoms with Crippen LogP contribution in [0.3, 0.4) is 0 Å². The van der Waals surface area contributed by atoms with Crippen LogP contribution in [0.2, 0.25) is 0 Å². The van der Waals surface area contributed by atoms with Gasteiger partial charge in [-0.05, 0) is 25.0 Å². The monoisotopic (exact) mass is 308 g/mol. The summed E-state index contributed by atoms with van der Waals surface area (Å²) in [6, 6.07) is 3.82. The smallest absolute Gasteiger partial charge is 0.319 e. The number of aryl methyl sites for hydroxylation is 1. The molecule has 2 N–H and O–H groups in total. The molecule has 0 bridgehead atoms. The lowest BCUT2D eigenvalue weighted by Gasteiger charge is -2.09. The summed E-state index contributed by atoms with van der Waals surface area (Å²) in [5.41, 5.74) is 3.98. The van der Waals surface area contributed by atoms with Gasteiger partial charge in [-0.2, -0.15) is 5.10 Å². The Bertz CT molecular complexity index is 883. The largest absolute Gasteiger partial charge is 0.335 e. The molecule has 1 saturated carbocycles. The molecular weight excluding hydrogens is 292 g/mol. The first-order chi connectivity index (χ1) is 11.2. The molecule has 1 fully saturated rings. The van der Waals surface area contributed by atoms with Crippen molar-refractivity contribution in [1.82, 2.24) is 25.1 Å². The van der Waals surface area contributed by atoms with Gasteiger partial charge in [0.15, 0.2) is 0 Å². The molecule has 1 aliphatic rings. The second-order valence-electron chi connectivity index (χ2n) is 5.73. The van der Waals surface area contributed by atoms with Crippen LogP contribution >= 0.6 is 0 Å². The molecule has 4 rings (SSSR count). The summed E-state index contributed by atoms with van der Waals surface area (Å²) in [6.45, 7) is 0. The van der Waals surface area contributed by atoms with Crippen molar-refractivity contribution in [3.05, 3.63) is 36.9 Å². The molecule has 0 spiro atoms. The van der Waals surface area contributed by atoms with E-state index in [0.29, 0.717) is 17.2 Å². The van der Waals surface area contributed by atoms with Crippen molar-refractivity contribution in [2.75, 3.05) is 5.32 Å². The molecule has 0 unspecified atom stereocenters. The number of nitrogens with zero attached hydrogens (tertiary/aromatic N) is 4. The maximum atomic E-state index is 11.9. The van der Waals surface area contributed by atoms with E-state index in [9.17, 15) is 4.79 Å². The summed E-state index contributed by atoms with van der Waals surface area (Å²) in [5.74, 6) is 0. The molecule has 23 heavy (non-hydrogen) atoms. The zero-order valence-corrected chi connectivity index (χ0v) is 12.7. The average molecular weight is 308 g/mol. The van der Waals surface area contributed by atoms with Gasteiger partial charge in [0.1, 0.15) is 5.52 Å². The van der Waals surface area contributed by atoms with E-state index in [1.807, 2.05) is 19.3 Å². The van der Waals surface area contributed by atoms with E-state index in [-0.39, 0.29) is 6.03 Å². The van der Waals surface area contributed by atoms with Crippen molar-refractivity contribution in [1.29, 1.82) is 0 Å². The molecular formula is C16H16N6O. The number of pyridine rings is 2. The predicted octanol–water partition coefficient (Wildman–Crippen LogP) is 2.31. The Morgan fingerprint density at radius 3 is 2.87 bits per heavy atom. The minimum absolute atomic E-state index is 0.196. The van der Waals surface area contributed by atoms with Crippen LogP contribution in [0.4, 0.5) is 10.5 Å². The molecule has 0 radical (unpaired) electrons. The van der Waals surface area contributed by atoms with Gasteiger partial charge >= 0.3 is 6.03 Å². The van der Waals surface area contributed by atoms with Crippen LogP contribution < -0.4 is 10.6 Å². The van der Waals surface area contributed by atoms with Crippen molar-refractivity contribution < 1.29 is 4.79 Å².